The molecule has 26 heavy (non-hydrogen) atoms. The van der Waals surface area contributed by atoms with E-state index in [4.69, 9.17) is 21.1 Å². The highest BCUT2D eigenvalue weighted by Gasteiger charge is 2.33. The van der Waals surface area contributed by atoms with Crippen LogP contribution < -0.4 is 0 Å². The maximum atomic E-state index is 13.7. The lowest BCUT2D eigenvalue weighted by Crippen LogP contribution is -2.36. The third kappa shape index (κ3) is 5.70. The molecule has 1 aliphatic rings. The first-order valence-corrected chi connectivity index (χ1v) is 9.43. The Morgan fingerprint density at radius 1 is 1.27 bits per heavy atom. The zero-order chi connectivity index (χ0) is 19.3. The Balaban J connectivity index is 1.84. The first-order valence-electron chi connectivity index (χ1n) is 9.06. The fraction of sp³-hybridized carbons (Fsp3) is 0.600. The second kappa shape index (κ2) is 9.36. The zero-order valence-corrected chi connectivity index (χ0v) is 16.2. The summed E-state index contributed by atoms with van der Waals surface area (Å²) in [6.45, 7) is 5.93. The number of esters is 2. The van der Waals surface area contributed by atoms with Gasteiger partial charge in [0.05, 0.1) is 6.42 Å². The molecule has 0 unspecified atom stereocenters. The monoisotopic (exact) mass is 384 g/mol. The van der Waals surface area contributed by atoms with Crippen molar-refractivity contribution in [1.29, 1.82) is 0 Å². The van der Waals surface area contributed by atoms with E-state index in [0.717, 1.165) is 19.3 Å². The Bertz CT molecular complexity index is 626. The van der Waals surface area contributed by atoms with Crippen LogP contribution in [0.2, 0.25) is 5.02 Å². The summed E-state index contributed by atoms with van der Waals surface area (Å²) in [5.74, 6) is -0.607. The molecule has 1 aromatic rings. The molecule has 0 saturated heterocycles. The van der Waals surface area contributed by atoms with Crippen LogP contribution in [-0.4, -0.2) is 24.6 Å². The van der Waals surface area contributed by atoms with Crippen LogP contribution in [0.3, 0.4) is 0 Å². The Morgan fingerprint density at radius 2 is 2.00 bits per heavy atom. The highest BCUT2D eigenvalue weighted by molar-refractivity contribution is 6.31. The Kier molecular flexibility index (Phi) is 7.44. The van der Waals surface area contributed by atoms with Gasteiger partial charge in [0.2, 0.25) is 0 Å². The molecule has 1 saturated carbocycles. The second-order valence-electron chi connectivity index (χ2n) is 7.39. The van der Waals surface area contributed by atoms with E-state index in [1.807, 2.05) is 0 Å². The number of rotatable bonds is 6. The molecule has 2 rings (SSSR count). The van der Waals surface area contributed by atoms with Crippen molar-refractivity contribution in [1.82, 2.24) is 0 Å². The smallest absolute Gasteiger partial charge is 0.344 e. The van der Waals surface area contributed by atoms with Crippen LogP contribution in [0, 0.1) is 23.6 Å². The third-order valence-electron chi connectivity index (χ3n) is 4.98. The molecule has 0 radical (unpaired) electrons. The minimum absolute atomic E-state index is 0.0634. The highest BCUT2D eigenvalue weighted by atomic mass is 35.5. The molecular formula is C20H26ClFO4. The number of carbonyl (C=O) groups excluding carboxylic acids is 2. The summed E-state index contributed by atoms with van der Waals surface area (Å²) >= 11 is 5.89. The van der Waals surface area contributed by atoms with E-state index in [1.165, 1.54) is 18.2 Å². The van der Waals surface area contributed by atoms with E-state index in [0.29, 0.717) is 17.8 Å². The Morgan fingerprint density at radius 3 is 2.65 bits per heavy atom. The van der Waals surface area contributed by atoms with Gasteiger partial charge in [-0.15, -0.1) is 0 Å². The predicted octanol–water partition coefficient (Wildman–Crippen LogP) is 4.57. The van der Waals surface area contributed by atoms with Gasteiger partial charge in [0.15, 0.2) is 6.61 Å². The van der Waals surface area contributed by atoms with Gasteiger partial charge in [-0.2, -0.15) is 0 Å². The standard InChI is InChI=1S/C20H26ClFO4/c1-12(2)14-8-7-13(3)9-18(14)26-20(24)11-25-19(23)10-15-16(21)5-4-6-17(15)22/h4-6,12-14,18H,7-11H2,1-3H3/t13-,14+,18+/m1/s1. The van der Waals surface area contributed by atoms with Crippen molar-refractivity contribution >= 4 is 23.5 Å². The van der Waals surface area contributed by atoms with E-state index in [2.05, 4.69) is 20.8 Å². The van der Waals surface area contributed by atoms with Crippen LogP contribution in [0.15, 0.2) is 18.2 Å². The van der Waals surface area contributed by atoms with Crippen molar-refractivity contribution in [2.24, 2.45) is 17.8 Å². The molecule has 3 atom stereocenters. The lowest BCUT2D eigenvalue weighted by molar-refractivity contribution is -0.166. The van der Waals surface area contributed by atoms with Crippen molar-refractivity contribution in [3.05, 3.63) is 34.6 Å². The first-order chi connectivity index (χ1) is 12.3. The number of carbonyl (C=O) groups is 2. The summed E-state index contributed by atoms with van der Waals surface area (Å²) in [5.41, 5.74) is 0.0634. The van der Waals surface area contributed by atoms with Crippen molar-refractivity contribution in [3.63, 3.8) is 0 Å². The number of hydrogen-bond acceptors (Lipinski definition) is 4. The van der Waals surface area contributed by atoms with Gasteiger partial charge in [0.25, 0.3) is 0 Å². The van der Waals surface area contributed by atoms with Gasteiger partial charge in [-0.3, -0.25) is 4.79 Å². The summed E-state index contributed by atoms with van der Waals surface area (Å²) in [5, 5.41) is 0.153. The molecule has 6 heteroatoms. The Labute approximate surface area is 159 Å². The van der Waals surface area contributed by atoms with Crippen LogP contribution in [0.1, 0.15) is 45.6 Å². The fourth-order valence-electron chi connectivity index (χ4n) is 3.49. The van der Waals surface area contributed by atoms with Gasteiger partial charge in [-0.05, 0) is 42.7 Å². The van der Waals surface area contributed by atoms with Crippen LogP contribution >= 0.6 is 11.6 Å². The largest absolute Gasteiger partial charge is 0.460 e. The molecule has 0 amide bonds. The quantitative estimate of drug-likeness (QED) is 0.674. The number of hydrogen-bond donors (Lipinski definition) is 0. The zero-order valence-electron chi connectivity index (χ0n) is 15.5. The predicted molar refractivity (Wildman–Crippen MR) is 97.3 cm³/mol. The summed E-state index contributed by atoms with van der Waals surface area (Å²) in [6, 6.07) is 4.18. The van der Waals surface area contributed by atoms with Crippen molar-refractivity contribution in [3.8, 4) is 0 Å². The van der Waals surface area contributed by atoms with E-state index in [-0.39, 0.29) is 23.1 Å². The Hall–Kier alpha value is -1.62. The van der Waals surface area contributed by atoms with E-state index < -0.39 is 24.4 Å². The SMILES string of the molecule is CC(C)[C@@H]1CC[C@@H](C)C[C@@H]1OC(=O)COC(=O)Cc1c(F)cccc1Cl. The molecule has 0 aromatic heterocycles. The lowest BCUT2D eigenvalue weighted by atomic mass is 9.75. The van der Waals surface area contributed by atoms with Gasteiger partial charge >= 0.3 is 11.9 Å². The molecule has 0 N–H and O–H groups in total. The lowest BCUT2D eigenvalue weighted by Gasteiger charge is -2.36. The molecule has 0 bridgehead atoms. The normalized spacial score (nSPS) is 22.9. The first kappa shape index (κ1) is 20.7. The second-order valence-corrected chi connectivity index (χ2v) is 7.80. The van der Waals surface area contributed by atoms with E-state index in [9.17, 15) is 14.0 Å². The average molecular weight is 385 g/mol. The number of halogens is 2. The van der Waals surface area contributed by atoms with Crippen LogP contribution in [-0.2, 0) is 25.5 Å². The maximum Gasteiger partial charge on any atom is 0.344 e. The number of benzene rings is 1. The van der Waals surface area contributed by atoms with Crippen molar-refractivity contribution in [2.75, 3.05) is 6.61 Å². The minimum atomic E-state index is -0.716. The topological polar surface area (TPSA) is 52.6 Å². The van der Waals surface area contributed by atoms with E-state index >= 15 is 0 Å². The average Bonchev–Trinajstić information content (AvgIpc) is 2.56. The fourth-order valence-corrected chi connectivity index (χ4v) is 3.72. The van der Waals surface area contributed by atoms with Gasteiger partial charge in [-0.25, -0.2) is 9.18 Å². The minimum Gasteiger partial charge on any atom is -0.460 e. The molecule has 1 aromatic carbocycles. The van der Waals surface area contributed by atoms with Gasteiger partial charge in [0.1, 0.15) is 11.9 Å². The summed E-state index contributed by atoms with van der Waals surface area (Å²) in [6.07, 6.45) is 2.52. The molecule has 4 nitrogen and oxygen atoms in total. The molecule has 144 valence electrons. The van der Waals surface area contributed by atoms with Crippen molar-refractivity contribution < 1.29 is 23.5 Å². The molecule has 0 spiro atoms. The summed E-state index contributed by atoms with van der Waals surface area (Å²) in [7, 11) is 0. The van der Waals surface area contributed by atoms with E-state index in [1.54, 1.807) is 0 Å². The summed E-state index contributed by atoms with van der Waals surface area (Å²) in [4.78, 5) is 24.0. The van der Waals surface area contributed by atoms with Crippen LogP contribution in [0.4, 0.5) is 4.39 Å². The maximum absolute atomic E-state index is 13.7. The number of ether oxygens (including phenoxy) is 2. The van der Waals surface area contributed by atoms with Gasteiger partial charge in [-0.1, -0.05) is 44.9 Å². The third-order valence-corrected chi connectivity index (χ3v) is 5.33. The van der Waals surface area contributed by atoms with Crippen LogP contribution in [0.25, 0.3) is 0 Å². The summed E-state index contributed by atoms with van der Waals surface area (Å²) < 4.78 is 24.2. The molecule has 1 aliphatic carbocycles. The van der Waals surface area contributed by atoms with Gasteiger partial charge < -0.3 is 9.47 Å². The molecule has 0 heterocycles. The molecule has 0 aliphatic heterocycles. The van der Waals surface area contributed by atoms with Gasteiger partial charge in [0, 0.05) is 10.6 Å². The molecule has 1 fully saturated rings. The highest BCUT2D eigenvalue weighted by Crippen LogP contribution is 2.35. The van der Waals surface area contributed by atoms with Crippen LogP contribution in [0.5, 0.6) is 0 Å². The van der Waals surface area contributed by atoms with Crippen molar-refractivity contribution in [2.45, 2.75) is 52.6 Å². The molecular weight excluding hydrogens is 359 g/mol.